The zero-order valence-corrected chi connectivity index (χ0v) is 15.4. The van der Waals surface area contributed by atoms with Crippen molar-refractivity contribution < 1.29 is 9.72 Å². The molecule has 0 spiro atoms. The van der Waals surface area contributed by atoms with Gasteiger partial charge in [0.15, 0.2) is 0 Å². The highest BCUT2D eigenvalue weighted by Crippen LogP contribution is 2.23. The van der Waals surface area contributed by atoms with E-state index in [0.717, 1.165) is 5.56 Å². The molecule has 0 saturated carbocycles. The molecule has 0 N–H and O–H groups in total. The Hall–Kier alpha value is -2.15. The number of hydrogen-bond acceptors (Lipinski definition) is 4. The van der Waals surface area contributed by atoms with Gasteiger partial charge in [-0.25, -0.2) is 0 Å². The minimum Gasteiger partial charge on any atom is -0.336 e. The first-order chi connectivity index (χ1) is 12.4. The van der Waals surface area contributed by atoms with E-state index in [-0.39, 0.29) is 11.6 Å². The minimum atomic E-state index is -0.495. The zero-order chi connectivity index (χ0) is 18.7. The van der Waals surface area contributed by atoms with Gasteiger partial charge in [0.1, 0.15) is 0 Å². The van der Waals surface area contributed by atoms with Crippen LogP contribution in [0.15, 0.2) is 42.5 Å². The number of halogens is 2. The van der Waals surface area contributed by atoms with E-state index in [1.54, 1.807) is 17.0 Å². The molecule has 0 radical (unpaired) electrons. The van der Waals surface area contributed by atoms with E-state index >= 15 is 0 Å². The lowest BCUT2D eigenvalue weighted by atomic mass is 10.1. The molecule has 1 saturated heterocycles. The second-order valence-electron chi connectivity index (χ2n) is 6.11. The quantitative estimate of drug-likeness (QED) is 0.584. The van der Waals surface area contributed by atoms with Crippen molar-refractivity contribution in [3.63, 3.8) is 0 Å². The van der Waals surface area contributed by atoms with Gasteiger partial charge < -0.3 is 4.90 Å². The van der Waals surface area contributed by atoms with E-state index in [2.05, 4.69) is 4.90 Å². The van der Waals surface area contributed by atoms with Crippen LogP contribution in [0.2, 0.25) is 10.0 Å². The third kappa shape index (κ3) is 4.33. The molecular formula is C18H17Cl2N3O3. The topological polar surface area (TPSA) is 66.7 Å². The molecule has 1 aliphatic heterocycles. The summed E-state index contributed by atoms with van der Waals surface area (Å²) in [5.74, 6) is -0.183. The van der Waals surface area contributed by atoms with Crippen LogP contribution < -0.4 is 0 Å². The fourth-order valence-corrected chi connectivity index (χ4v) is 3.40. The fraction of sp³-hybridized carbons (Fsp3) is 0.278. The normalized spacial score (nSPS) is 15.1. The van der Waals surface area contributed by atoms with Crippen molar-refractivity contribution >= 4 is 34.8 Å². The van der Waals surface area contributed by atoms with Crippen LogP contribution >= 0.6 is 23.2 Å². The molecule has 0 aromatic heterocycles. The number of carbonyl (C=O) groups excluding carboxylic acids is 1. The first-order valence-corrected chi connectivity index (χ1v) is 8.89. The van der Waals surface area contributed by atoms with Crippen LogP contribution in [0.4, 0.5) is 5.69 Å². The summed E-state index contributed by atoms with van der Waals surface area (Å²) in [5, 5.41) is 12.1. The summed E-state index contributed by atoms with van der Waals surface area (Å²) in [6.45, 7) is 3.23. The van der Waals surface area contributed by atoms with Crippen LogP contribution in [-0.4, -0.2) is 46.8 Å². The van der Waals surface area contributed by atoms with Crippen LogP contribution in [0, 0.1) is 10.1 Å². The van der Waals surface area contributed by atoms with Gasteiger partial charge in [-0.2, -0.15) is 0 Å². The smallest absolute Gasteiger partial charge is 0.270 e. The average molecular weight is 394 g/mol. The van der Waals surface area contributed by atoms with Crippen molar-refractivity contribution in [3.05, 3.63) is 73.8 Å². The van der Waals surface area contributed by atoms with Gasteiger partial charge in [0.05, 0.1) is 4.92 Å². The van der Waals surface area contributed by atoms with Gasteiger partial charge in [-0.1, -0.05) is 35.3 Å². The maximum atomic E-state index is 12.6. The Morgan fingerprint density at radius 1 is 1.08 bits per heavy atom. The van der Waals surface area contributed by atoms with E-state index in [1.807, 2.05) is 12.1 Å². The van der Waals surface area contributed by atoms with Crippen molar-refractivity contribution in [2.24, 2.45) is 0 Å². The van der Waals surface area contributed by atoms with Crippen LogP contribution in [-0.2, 0) is 6.54 Å². The van der Waals surface area contributed by atoms with E-state index in [0.29, 0.717) is 48.3 Å². The summed E-state index contributed by atoms with van der Waals surface area (Å²) in [7, 11) is 0. The lowest BCUT2D eigenvalue weighted by Gasteiger charge is -2.35. The highest BCUT2D eigenvalue weighted by atomic mass is 35.5. The molecule has 26 heavy (non-hydrogen) atoms. The second kappa shape index (κ2) is 8.03. The Kier molecular flexibility index (Phi) is 5.76. The van der Waals surface area contributed by atoms with Gasteiger partial charge in [-0.15, -0.1) is 0 Å². The van der Waals surface area contributed by atoms with E-state index < -0.39 is 4.92 Å². The molecule has 3 rings (SSSR count). The molecule has 0 aliphatic carbocycles. The lowest BCUT2D eigenvalue weighted by Crippen LogP contribution is -2.48. The number of benzene rings is 2. The summed E-state index contributed by atoms with van der Waals surface area (Å²) in [6.07, 6.45) is 0. The van der Waals surface area contributed by atoms with Gasteiger partial charge >= 0.3 is 0 Å². The van der Waals surface area contributed by atoms with Crippen molar-refractivity contribution in [1.29, 1.82) is 0 Å². The number of rotatable bonds is 4. The van der Waals surface area contributed by atoms with E-state index in [9.17, 15) is 14.9 Å². The summed E-state index contributed by atoms with van der Waals surface area (Å²) < 4.78 is 0. The predicted octanol–water partition coefficient (Wildman–Crippen LogP) is 3.86. The Morgan fingerprint density at radius 3 is 2.46 bits per heavy atom. The molecule has 8 heteroatoms. The summed E-state index contributed by atoms with van der Waals surface area (Å²) in [5.41, 5.74) is 1.26. The van der Waals surface area contributed by atoms with Crippen molar-refractivity contribution in [1.82, 2.24) is 9.80 Å². The van der Waals surface area contributed by atoms with Gasteiger partial charge in [-0.05, 0) is 23.8 Å². The standard InChI is InChI=1S/C18H17Cl2N3O3/c19-15-5-4-14(17(20)11-15)12-21-6-8-22(9-7-21)18(24)13-2-1-3-16(10-13)23(25)26/h1-5,10-11H,6-9,12H2. The molecule has 0 bridgehead atoms. The van der Waals surface area contributed by atoms with Gasteiger partial charge in [-0.3, -0.25) is 19.8 Å². The Morgan fingerprint density at radius 2 is 1.81 bits per heavy atom. The fourth-order valence-electron chi connectivity index (χ4n) is 2.93. The number of nitrogens with zero attached hydrogens (tertiary/aromatic N) is 3. The number of nitro groups is 1. The van der Waals surface area contributed by atoms with Crippen LogP contribution in [0.25, 0.3) is 0 Å². The van der Waals surface area contributed by atoms with E-state index in [4.69, 9.17) is 23.2 Å². The molecule has 1 amide bonds. The van der Waals surface area contributed by atoms with E-state index in [1.165, 1.54) is 18.2 Å². The molecule has 136 valence electrons. The maximum Gasteiger partial charge on any atom is 0.270 e. The highest BCUT2D eigenvalue weighted by molar-refractivity contribution is 6.35. The molecular weight excluding hydrogens is 377 g/mol. The number of nitro benzene ring substituents is 1. The summed E-state index contributed by atoms with van der Waals surface area (Å²) in [6, 6.07) is 11.3. The molecule has 0 atom stereocenters. The first-order valence-electron chi connectivity index (χ1n) is 8.14. The van der Waals surface area contributed by atoms with Crippen molar-refractivity contribution in [2.75, 3.05) is 26.2 Å². The number of non-ortho nitro benzene ring substituents is 1. The van der Waals surface area contributed by atoms with Crippen molar-refractivity contribution in [2.45, 2.75) is 6.54 Å². The lowest BCUT2D eigenvalue weighted by molar-refractivity contribution is -0.384. The third-order valence-electron chi connectivity index (χ3n) is 4.37. The largest absolute Gasteiger partial charge is 0.336 e. The van der Waals surface area contributed by atoms with Crippen LogP contribution in [0.3, 0.4) is 0 Å². The second-order valence-corrected chi connectivity index (χ2v) is 6.96. The van der Waals surface area contributed by atoms with Crippen LogP contribution in [0.1, 0.15) is 15.9 Å². The minimum absolute atomic E-state index is 0.0770. The van der Waals surface area contributed by atoms with Gasteiger partial charge in [0.2, 0.25) is 0 Å². The molecule has 6 nitrogen and oxygen atoms in total. The highest BCUT2D eigenvalue weighted by Gasteiger charge is 2.23. The summed E-state index contributed by atoms with van der Waals surface area (Å²) >= 11 is 12.1. The zero-order valence-electron chi connectivity index (χ0n) is 13.9. The predicted molar refractivity (Wildman–Crippen MR) is 101 cm³/mol. The summed E-state index contributed by atoms with van der Waals surface area (Å²) in [4.78, 5) is 26.9. The van der Waals surface area contributed by atoms with Crippen LogP contribution in [0.5, 0.6) is 0 Å². The Bertz CT molecular complexity index is 836. The average Bonchev–Trinajstić information content (AvgIpc) is 2.64. The Balaban J connectivity index is 1.60. The molecule has 1 fully saturated rings. The first kappa shape index (κ1) is 18.6. The number of piperazine rings is 1. The van der Waals surface area contributed by atoms with Crippen molar-refractivity contribution in [3.8, 4) is 0 Å². The monoisotopic (exact) mass is 393 g/mol. The molecule has 0 unspecified atom stereocenters. The SMILES string of the molecule is O=C(c1cccc([N+](=O)[O-])c1)N1CCN(Cc2ccc(Cl)cc2Cl)CC1. The Labute approximate surface area is 161 Å². The molecule has 1 heterocycles. The number of hydrogen-bond donors (Lipinski definition) is 0. The number of carbonyl (C=O) groups is 1. The maximum absolute atomic E-state index is 12.6. The van der Waals surface area contributed by atoms with Gasteiger partial charge in [0, 0.05) is 60.5 Å². The molecule has 1 aliphatic rings. The molecule has 2 aromatic carbocycles. The number of amides is 1. The third-order valence-corrected chi connectivity index (χ3v) is 4.96. The van der Waals surface area contributed by atoms with Gasteiger partial charge in [0.25, 0.3) is 11.6 Å². The molecule has 2 aromatic rings.